The van der Waals surface area contributed by atoms with Crippen LogP contribution >= 0.6 is 0 Å². The lowest BCUT2D eigenvalue weighted by atomic mass is 9.67. The van der Waals surface area contributed by atoms with E-state index in [1.807, 2.05) is 34.4 Å². The summed E-state index contributed by atoms with van der Waals surface area (Å²) in [6.07, 6.45) is 0. The molecule has 2 aliphatic heterocycles. The standard InChI is InChI=1S/C62H50N4O2/c1-45-33-41-55(42-34-45)65-57(47-21-9-3-10-22-47)61(49-25-13-5-14-26-49,50-27-15-6-16-28-50)59(67-65)63-53-37-39-54(40-38-53)64-60-62(51-29-17-7-18-30-51,52-31-19-8-20-32-52)58(48-23-11-4-12-24-48)66(68-60)56-43-35-46(2)36-44-56/h3-44,57-58H,1-2H3. The van der Waals surface area contributed by atoms with Crippen LogP contribution in [0.1, 0.15) is 56.6 Å². The van der Waals surface area contributed by atoms with Gasteiger partial charge in [0.05, 0.1) is 22.7 Å². The molecule has 0 saturated carbocycles. The summed E-state index contributed by atoms with van der Waals surface area (Å²) in [6.45, 7) is 4.21. The zero-order valence-electron chi connectivity index (χ0n) is 38.0. The SMILES string of the molecule is Cc1ccc(N2OC(=Nc3ccc(N=C4ON(c5ccc(C)cc5)C(c5ccccc5)C4(c4ccccc4)c4ccccc4)cc3)C(c3ccccc3)(c3ccccc3)C2c2ccccc2)cc1. The molecule has 2 unspecified atom stereocenters. The molecule has 2 aliphatic rings. The summed E-state index contributed by atoms with van der Waals surface area (Å²) in [7, 11) is 0. The zero-order chi connectivity index (χ0) is 45.9. The second-order valence-corrected chi connectivity index (χ2v) is 17.6. The predicted molar refractivity (Wildman–Crippen MR) is 276 cm³/mol. The molecule has 0 aromatic heterocycles. The van der Waals surface area contributed by atoms with Gasteiger partial charge < -0.3 is 9.68 Å². The average molecular weight is 883 g/mol. The molecule has 9 aromatic carbocycles. The first kappa shape index (κ1) is 42.2. The van der Waals surface area contributed by atoms with Gasteiger partial charge in [-0.2, -0.15) is 10.1 Å². The van der Waals surface area contributed by atoms with Gasteiger partial charge in [-0.15, -0.1) is 0 Å². The minimum Gasteiger partial charge on any atom is -0.362 e. The first-order valence-electron chi connectivity index (χ1n) is 23.2. The molecule has 0 amide bonds. The Hall–Kier alpha value is -8.48. The number of benzene rings is 9. The smallest absolute Gasteiger partial charge is 0.240 e. The van der Waals surface area contributed by atoms with Crippen molar-refractivity contribution in [1.82, 2.24) is 0 Å². The second kappa shape index (κ2) is 18.1. The summed E-state index contributed by atoms with van der Waals surface area (Å²) in [4.78, 5) is 25.4. The molecule has 0 bridgehead atoms. The highest BCUT2D eigenvalue weighted by Gasteiger charge is 2.60. The van der Waals surface area contributed by atoms with Crippen LogP contribution in [0, 0.1) is 13.8 Å². The van der Waals surface area contributed by atoms with Gasteiger partial charge in [0, 0.05) is 0 Å². The van der Waals surface area contributed by atoms with E-state index in [0.29, 0.717) is 11.8 Å². The Kier molecular flexibility index (Phi) is 11.2. The molecule has 9 aromatic rings. The van der Waals surface area contributed by atoms with E-state index >= 15 is 0 Å². The lowest BCUT2D eigenvalue weighted by Crippen LogP contribution is -2.40. The van der Waals surface area contributed by atoms with E-state index in [-0.39, 0.29) is 12.1 Å². The van der Waals surface area contributed by atoms with Crippen molar-refractivity contribution in [3.63, 3.8) is 0 Å². The number of aryl methyl sites for hydroxylation is 2. The van der Waals surface area contributed by atoms with Crippen LogP contribution in [0.5, 0.6) is 0 Å². The lowest BCUT2D eigenvalue weighted by molar-refractivity contribution is 0.275. The molecule has 6 nitrogen and oxygen atoms in total. The monoisotopic (exact) mass is 882 g/mol. The number of hydroxylamine groups is 2. The second-order valence-electron chi connectivity index (χ2n) is 17.6. The molecule has 0 radical (unpaired) electrons. The summed E-state index contributed by atoms with van der Waals surface area (Å²) in [6, 6.07) is 88.3. The molecule has 0 aliphatic carbocycles. The Morgan fingerprint density at radius 3 is 0.868 bits per heavy atom. The van der Waals surface area contributed by atoms with Crippen LogP contribution in [0.3, 0.4) is 0 Å². The largest absolute Gasteiger partial charge is 0.362 e. The Balaban J connectivity index is 1.09. The van der Waals surface area contributed by atoms with Crippen molar-refractivity contribution in [2.45, 2.75) is 36.8 Å². The third-order valence-electron chi connectivity index (χ3n) is 13.4. The van der Waals surface area contributed by atoms with Gasteiger partial charge in [-0.3, -0.25) is 0 Å². The summed E-state index contributed by atoms with van der Waals surface area (Å²) in [5, 5.41) is 4.09. The van der Waals surface area contributed by atoms with E-state index in [0.717, 1.165) is 56.1 Å². The fourth-order valence-corrected chi connectivity index (χ4v) is 10.2. The Morgan fingerprint density at radius 2 is 0.588 bits per heavy atom. The number of hydrogen-bond acceptors (Lipinski definition) is 6. The van der Waals surface area contributed by atoms with Gasteiger partial charge in [-0.25, -0.2) is 9.98 Å². The van der Waals surface area contributed by atoms with Crippen LogP contribution in [0.25, 0.3) is 0 Å². The minimum atomic E-state index is -0.859. The molecule has 0 spiro atoms. The van der Waals surface area contributed by atoms with Crippen molar-refractivity contribution < 1.29 is 9.68 Å². The topological polar surface area (TPSA) is 49.7 Å². The van der Waals surface area contributed by atoms with E-state index in [1.54, 1.807) is 0 Å². The molecule has 2 heterocycles. The van der Waals surface area contributed by atoms with Gasteiger partial charge in [-0.1, -0.05) is 217 Å². The van der Waals surface area contributed by atoms with E-state index in [9.17, 15) is 0 Å². The van der Waals surface area contributed by atoms with E-state index in [2.05, 4.69) is 244 Å². The quantitative estimate of drug-likeness (QED) is 0.137. The molecule has 0 N–H and O–H groups in total. The number of hydrogen-bond donors (Lipinski definition) is 0. The van der Waals surface area contributed by atoms with Crippen molar-refractivity contribution in [3.8, 4) is 0 Å². The molecule has 330 valence electrons. The lowest BCUT2D eigenvalue weighted by Gasteiger charge is -2.36. The van der Waals surface area contributed by atoms with Gasteiger partial charge in [0.2, 0.25) is 11.8 Å². The Morgan fingerprint density at radius 1 is 0.324 bits per heavy atom. The number of rotatable bonds is 10. The molecule has 11 rings (SSSR count). The average Bonchev–Trinajstić information content (AvgIpc) is 3.93. The van der Waals surface area contributed by atoms with Crippen LogP contribution in [-0.2, 0) is 20.5 Å². The fourth-order valence-electron chi connectivity index (χ4n) is 10.2. The third-order valence-corrected chi connectivity index (χ3v) is 13.4. The molecule has 2 saturated heterocycles. The Bertz CT molecular complexity index is 2870. The number of anilines is 2. The van der Waals surface area contributed by atoms with Gasteiger partial charge in [-0.05, 0) is 95.8 Å². The van der Waals surface area contributed by atoms with Crippen molar-refractivity contribution in [2.24, 2.45) is 9.98 Å². The van der Waals surface area contributed by atoms with E-state index < -0.39 is 10.8 Å². The summed E-state index contributed by atoms with van der Waals surface area (Å²) >= 11 is 0. The highest BCUT2D eigenvalue weighted by molar-refractivity contribution is 6.00. The molecule has 2 atom stereocenters. The first-order chi connectivity index (χ1) is 33.5. The van der Waals surface area contributed by atoms with Gasteiger partial charge >= 0.3 is 0 Å². The number of aliphatic imine (C=N–C) groups is 2. The molecular weight excluding hydrogens is 833 g/mol. The highest BCUT2D eigenvalue weighted by Crippen LogP contribution is 2.56. The Labute approximate surface area is 398 Å². The fraction of sp³-hybridized carbons (Fsp3) is 0.0968. The van der Waals surface area contributed by atoms with Crippen molar-refractivity contribution in [2.75, 3.05) is 10.1 Å². The summed E-state index contributed by atoms with van der Waals surface area (Å²) in [5.74, 6) is 1.13. The highest BCUT2D eigenvalue weighted by atomic mass is 16.7. The van der Waals surface area contributed by atoms with Crippen LogP contribution in [0.2, 0.25) is 0 Å². The molecule has 2 fully saturated rings. The van der Waals surface area contributed by atoms with Crippen LogP contribution in [-0.4, -0.2) is 11.8 Å². The third kappa shape index (κ3) is 7.41. The maximum absolute atomic E-state index is 7.19. The van der Waals surface area contributed by atoms with Crippen LogP contribution in [0.15, 0.2) is 265 Å². The summed E-state index contributed by atoms with van der Waals surface area (Å²) in [5.41, 5.74) is 10.4. The van der Waals surface area contributed by atoms with Crippen LogP contribution in [0.4, 0.5) is 22.7 Å². The van der Waals surface area contributed by atoms with Gasteiger partial charge in [0.25, 0.3) is 0 Å². The van der Waals surface area contributed by atoms with Crippen molar-refractivity contribution in [3.05, 3.63) is 299 Å². The van der Waals surface area contributed by atoms with Crippen molar-refractivity contribution in [1.29, 1.82) is 0 Å². The maximum Gasteiger partial charge on any atom is 0.240 e. The zero-order valence-corrected chi connectivity index (χ0v) is 38.0. The summed E-state index contributed by atoms with van der Waals surface area (Å²) < 4.78 is 0. The molecular formula is C62H50N4O2. The molecule has 68 heavy (non-hydrogen) atoms. The first-order valence-corrected chi connectivity index (χ1v) is 23.2. The minimum absolute atomic E-state index is 0.321. The molecule has 6 heteroatoms. The van der Waals surface area contributed by atoms with Crippen LogP contribution < -0.4 is 10.1 Å². The maximum atomic E-state index is 7.19. The van der Waals surface area contributed by atoms with E-state index in [1.165, 1.54) is 11.1 Å². The van der Waals surface area contributed by atoms with Crippen molar-refractivity contribution >= 4 is 34.5 Å². The van der Waals surface area contributed by atoms with Gasteiger partial charge in [0.15, 0.2) is 0 Å². The van der Waals surface area contributed by atoms with E-state index in [4.69, 9.17) is 19.7 Å². The predicted octanol–water partition coefficient (Wildman–Crippen LogP) is 14.7. The normalized spacial score (nSPS) is 18.3. The number of nitrogens with zero attached hydrogens (tertiary/aromatic N) is 4. The van der Waals surface area contributed by atoms with Gasteiger partial charge in [0.1, 0.15) is 22.9 Å².